The molecule has 5 heteroatoms. The average molecular weight is 308 g/mol. The Morgan fingerprint density at radius 2 is 2.00 bits per heavy atom. The fourth-order valence-corrected chi connectivity index (χ4v) is 1.66. The lowest BCUT2D eigenvalue weighted by Gasteiger charge is -2.15. The van der Waals surface area contributed by atoms with Crippen LogP contribution in [-0.2, 0) is 0 Å². The van der Waals surface area contributed by atoms with Gasteiger partial charge in [0.15, 0.2) is 5.75 Å². The van der Waals surface area contributed by atoms with E-state index in [2.05, 4.69) is 20.9 Å². The molecule has 0 bridgehead atoms. The van der Waals surface area contributed by atoms with Crippen molar-refractivity contribution in [3.63, 3.8) is 0 Å². The van der Waals surface area contributed by atoms with Crippen molar-refractivity contribution in [2.45, 2.75) is 0 Å². The topological polar surface area (TPSA) is 51.4 Å². The molecule has 0 unspecified atom stereocenters. The quantitative estimate of drug-likeness (QED) is 0.884. The van der Waals surface area contributed by atoms with Crippen molar-refractivity contribution in [1.29, 1.82) is 0 Å². The van der Waals surface area contributed by atoms with Gasteiger partial charge in [0.05, 0.1) is 5.69 Å². The second-order valence-corrected chi connectivity index (χ2v) is 4.95. The zero-order chi connectivity index (χ0) is 13.1. The Bertz CT molecular complexity index is 540. The zero-order valence-electron chi connectivity index (χ0n) is 10.2. The van der Waals surface area contributed by atoms with E-state index in [0.29, 0.717) is 17.3 Å². The molecule has 2 rings (SSSR count). The minimum absolute atomic E-state index is 0.515. The Hall–Kier alpha value is -1.75. The molecule has 18 heavy (non-hydrogen) atoms. The van der Waals surface area contributed by atoms with E-state index in [1.165, 1.54) is 0 Å². The van der Waals surface area contributed by atoms with E-state index >= 15 is 0 Å². The number of anilines is 2. The lowest BCUT2D eigenvalue weighted by molar-refractivity contribution is 0.465. The predicted octanol–water partition coefficient (Wildman–Crippen LogP) is 3.28. The Labute approximate surface area is 115 Å². The van der Waals surface area contributed by atoms with Gasteiger partial charge in [0.2, 0.25) is 5.88 Å². The fourth-order valence-electron chi connectivity index (χ4n) is 1.42. The van der Waals surface area contributed by atoms with Gasteiger partial charge in [0.25, 0.3) is 0 Å². The van der Waals surface area contributed by atoms with E-state index in [0.717, 1.165) is 10.2 Å². The summed E-state index contributed by atoms with van der Waals surface area (Å²) in [7, 11) is 3.93. The number of aromatic nitrogens is 1. The number of hydrogen-bond acceptors (Lipinski definition) is 4. The number of halogens is 1. The number of hydrogen-bond donors (Lipinski definition) is 1. The Balaban J connectivity index is 2.27. The van der Waals surface area contributed by atoms with Crippen LogP contribution in [0.1, 0.15) is 0 Å². The van der Waals surface area contributed by atoms with Gasteiger partial charge in [-0.05, 0) is 34.1 Å². The molecule has 0 fully saturated rings. The number of nitrogens with two attached hydrogens (primary N) is 1. The molecule has 0 aliphatic rings. The van der Waals surface area contributed by atoms with Gasteiger partial charge in [-0.25, -0.2) is 4.98 Å². The summed E-state index contributed by atoms with van der Waals surface area (Å²) < 4.78 is 6.58. The molecule has 0 aliphatic carbocycles. The van der Waals surface area contributed by atoms with Crippen molar-refractivity contribution in [3.8, 4) is 11.6 Å². The van der Waals surface area contributed by atoms with Crippen LogP contribution in [0.25, 0.3) is 0 Å². The molecule has 0 saturated heterocycles. The summed E-state index contributed by atoms with van der Waals surface area (Å²) in [4.78, 5) is 6.14. The first kappa shape index (κ1) is 12.7. The van der Waals surface area contributed by atoms with Crippen LogP contribution in [0.4, 0.5) is 11.4 Å². The number of nitrogens with zero attached hydrogens (tertiary/aromatic N) is 2. The number of rotatable bonds is 3. The van der Waals surface area contributed by atoms with E-state index < -0.39 is 0 Å². The first-order valence-electron chi connectivity index (χ1n) is 5.42. The highest BCUT2D eigenvalue weighted by Crippen LogP contribution is 2.30. The summed E-state index contributed by atoms with van der Waals surface area (Å²) in [5.41, 5.74) is 7.50. The molecule has 0 atom stereocenters. The first-order valence-corrected chi connectivity index (χ1v) is 6.22. The van der Waals surface area contributed by atoms with Crippen LogP contribution >= 0.6 is 15.9 Å². The van der Waals surface area contributed by atoms with E-state index in [4.69, 9.17) is 10.5 Å². The van der Waals surface area contributed by atoms with E-state index in [-0.39, 0.29) is 0 Å². The van der Waals surface area contributed by atoms with Crippen LogP contribution in [0.3, 0.4) is 0 Å². The lowest BCUT2D eigenvalue weighted by atomic mass is 10.2. The van der Waals surface area contributed by atoms with Gasteiger partial charge >= 0.3 is 0 Å². The second-order valence-electron chi connectivity index (χ2n) is 4.03. The minimum atomic E-state index is 0.515. The highest BCUT2D eigenvalue weighted by Gasteiger charge is 2.06. The Morgan fingerprint density at radius 1 is 1.22 bits per heavy atom. The van der Waals surface area contributed by atoms with Crippen molar-refractivity contribution < 1.29 is 4.74 Å². The third kappa shape index (κ3) is 2.92. The summed E-state index contributed by atoms with van der Waals surface area (Å²) in [6.45, 7) is 0. The number of pyridine rings is 1. The van der Waals surface area contributed by atoms with Crippen LogP contribution in [0.2, 0.25) is 0 Å². The van der Waals surface area contributed by atoms with Crippen LogP contribution in [0, 0.1) is 0 Å². The largest absolute Gasteiger partial charge is 0.437 e. The molecule has 4 nitrogen and oxygen atoms in total. The molecular weight excluding hydrogens is 294 g/mol. The maximum atomic E-state index is 5.89. The van der Waals surface area contributed by atoms with Crippen LogP contribution in [0.15, 0.2) is 41.0 Å². The van der Waals surface area contributed by atoms with Gasteiger partial charge in [-0.2, -0.15) is 0 Å². The summed E-state index contributed by atoms with van der Waals surface area (Å²) in [5, 5.41) is 0. The average Bonchev–Trinajstić information content (AvgIpc) is 2.34. The smallest absolute Gasteiger partial charge is 0.219 e. The summed E-state index contributed by atoms with van der Waals surface area (Å²) in [6.07, 6.45) is 1.68. The third-order valence-electron chi connectivity index (χ3n) is 2.43. The normalized spacial score (nSPS) is 10.2. The fraction of sp³-hybridized carbons (Fsp3) is 0.154. The van der Waals surface area contributed by atoms with Crippen molar-refractivity contribution in [3.05, 3.63) is 41.0 Å². The first-order chi connectivity index (χ1) is 8.56. The van der Waals surface area contributed by atoms with Crippen molar-refractivity contribution >= 4 is 27.3 Å². The molecule has 1 aromatic heterocycles. The predicted molar refractivity (Wildman–Crippen MR) is 77.2 cm³/mol. The van der Waals surface area contributed by atoms with Gasteiger partial charge in [-0.3, -0.25) is 0 Å². The molecule has 1 heterocycles. The van der Waals surface area contributed by atoms with E-state index in [9.17, 15) is 0 Å². The SMILES string of the molecule is CN(C)c1ccc(N)c(Oc2ccc(Br)cn2)c1. The maximum absolute atomic E-state index is 5.89. The van der Waals surface area contributed by atoms with Gasteiger partial charge in [0, 0.05) is 42.6 Å². The van der Waals surface area contributed by atoms with Crippen molar-refractivity contribution in [2.24, 2.45) is 0 Å². The molecule has 0 spiro atoms. The van der Waals surface area contributed by atoms with E-state index in [1.807, 2.05) is 43.3 Å². The standard InChI is InChI=1S/C13H14BrN3O/c1-17(2)10-4-5-11(15)12(7-10)18-13-6-3-9(14)8-16-13/h3-8H,15H2,1-2H3. The summed E-state index contributed by atoms with van der Waals surface area (Å²) >= 11 is 3.33. The second kappa shape index (κ2) is 5.27. The van der Waals surface area contributed by atoms with Crippen molar-refractivity contribution in [1.82, 2.24) is 4.98 Å². The highest BCUT2D eigenvalue weighted by atomic mass is 79.9. The minimum Gasteiger partial charge on any atom is -0.437 e. The molecule has 0 aliphatic heterocycles. The van der Waals surface area contributed by atoms with Gasteiger partial charge in [-0.1, -0.05) is 0 Å². The molecule has 0 amide bonds. The molecule has 1 aromatic carbocycles. The van der Waals surface area contributed by atoms with Gasteiger partial charge in [0.1, 0.15) is 0 Å². The molecule has 2 N–H and O–H groups in total. The highest BCUT2D eigenvalue weighted by molar-refractivity contribution is 9.10. The van der Waals surface area contributed by atoms with Crippen LogP contribution in [-0.4, -0.2) is 19.1 Å². The molecule has 0 saturated carbocycles. The maximum Gasteiger partial charge on any atom is 0.219 e. The van der Waals surface area contributed by atoms with E-state index in [1.54, 1.807) is 12.3 Å². The summed E-state index contributed by atoms with van der Waals surface area (Å²) in [6, 6.07) is 9.31. The molecular formula is C13H14BrN3O. The van der Waals surface area contributed by atoms with Gasteiger partial charge < -0.3 is 15.4 Å². The molecule has 94 valence electrons. The van der Waals surface area contributed by atoms with Crippen LogP contribution in [0.5, 0.6) is 11.6 Å². The molecule has 2 aromatic rings. The number of ether oxygens (including phenoxy) is 1. The van der Waals surface area contributed by atoms with Gasteiger partial charge in [-0.15, -0.1) is 0 Å². The lowest BCUT2D eigenvalue weighted by Crippen LogP contribution is -2.08. The molecule has 0 radical (unpaired) electrons. The Morgan fingerprint density at radius 3 is 2.61 bits per heavy atom. The monoisotopic (exact) mass is 307 g/mol. The zero-order valence-corrected chi connectivity index (χ0v) is 11.8. The van der Waals surface area contributed by atoms with Crippen LogP contribution < -0.4 is 15.4 Å². The number of nitrogen functional groups attached to an aromatic ring is 1. The number of benzene rings is 1. The third-order valence-corrected chi connectivity index (χ3v) is 2.90. The summed E-state index contributed by atoms with van der Waals surface area (Å²) in [5.74, 6) is 1.12. The Kier molecular flexibility index (Phi) is 3.72. The van der Waals surface area contributed by atoms with Crippen molar-refractivity contribution in [2.75, 3.05) is 24.7 Å².